The Morgan fingerprint density at radius 3 is 2.82 bits per heavy atom. The third kappa shape index (κ3) is 2.14. The van der Waals surface area contributed by atoms with Gasteiger partial charge in [-0.05, 0) is 33.6 Å². The molecule has 0 unspecified atom stereocenters. The highest BCUT2D eigenvalue weighted by Crippen LogP contribution is 2.37. The van der Waals surface area contributed by atoms with Gasteiger partial charge < -0.3 is 15.4 Å². The lowest BCUT2D eigenvalue weighted by atomic mass is 10.0. The molecular formula is C12H20N4O. The second kappa shape index (κ2) is 4.39. The molecule has 1 aliphatic heterocycles. The van der Waals surface area contributed by atoms with E-state index < -0.39 is 0 Å². The second-order valence-corrected chi connectivity index (χ2v) is 4.92. The molecule has 0 aliphatic carbocycles. The highest BCUT2D eigenvalue weighted by molar-refractivity contribution is 5.69. The molecule has 5 nitrogen and oxygen atoms in total. The molecule has 0 spiro atoms. The van der Waals surface area contributed by atoms with Crippen molar-refractivity contribution in [1.82, 2.24) is 9.97 Å². The molecule has 1 aromatic rings. The van der Waals surface area contributed by atoms with Crippen LogP contribution >= 0.6 is 0 Å². The van der Waals surface area contributed by atoms with E-state index >= 15 is 0 Å². The van der Waals surface area contributed by atoms with E-state index in [1.54, 1.807) is 0 Å². The number of ether oxygens (including phenoxy) is 1. The SMILES string of the molecule is CCOc1ncnc(N2CCCC2(C)C)c1N. The van der Waals surface area contributed by atoms with Crippen LogP contribution in [0.5, 0.6) is 5.88 Å². The van der Waals surface area contributed by atoms with Gasteiger partial charge in [0.2, 0.25) is 5.88 Å². The molecule has 1 saturated heterocycles. The van der Waals surface area contributed by atoms with Crippen LogP contribution in [0.25, 0.3) is 0 Å². The van der Waals surface area contributed by atoms with E-state index in [9.17, 15) is 0 Å². The Balaban J connectivity index is 2.35. The summed E-state index contributed by atoms with van der Waals surface area (Å²) in [6, 6.07) is 0. The topological polar surface area (TPSA) is 64.3 Å². The smallest absolute Gasteiger partial charge is 0.242 e. The van der Waals surface area contributed by atoms with Crippen molar-refractivity contribution in [3.05, 3.63) is 6.33 Å². The number of hydrogen-bond donors (Lipinski definition) is 1. The summed E-state index contributed by atoms with van der Waals surface area (Å²) in [5.41, 5.74) is 6.73. The predicted octanol–water partition coefficient (Wildman–Crippen LogP) is 1.84. The summed E-state index contributed by atoms with van der Waals surface area (Å²) in [6.07, 6.45) is 3.84. The van der Waals surface area contributed by atoms with Crippen LogP contribution in [-0.4, -0.2) is 28.7 Å². The van der Waals surface area contributed by atoms with Gasteiger partial charge in [-0.25, -0.2) is 4.98 Å². The molecule has 1 aromatic heterocycles. The number of aromatic nitrogens is 2. The molecule has 1 aliphatic rings. The molecule has 0 bridgehead atoms. The standard InChI is InChI=1S/C12H20N4O/c1-4-17-11-9(13)10(14-8-15-11)16-7-5-6-12(16,2)3/h8H,4-7,13H2,1-3H3. The summed E-state index contributed by atoms with van der Waals surface area (Å²) in [6.45, 7) is 7.88. The second-order valence-electron chi connectivity index (χ2n) is 4.92. The van der Waals surface area contributed by atoms with Gasteiger partial charge in [0.05, 0.1) is 6.61 Å². The van der Waals surface area contributed by atoms with E-state index in [0.717, 1.165) is 18.8 Å². The molecule has 2 N–H and O–H groups in total. The van der Waals surface area contributed by atoms with Gasteiger partial charge in [0.25, 0.3) is 0 Å². The summed E-state index contributed by atoms with van der Waals surface area (Å²) < 4.78 is 5.40. The zero-order valence-electron chi connectivity index (χ0n) is 10.7. The van der Waals surface area contributed by atoms with E-state index in [-0.39, 0.29) is 5.54 Å². The number of hydrogen-bond acceptors (Lipinski definition) is 5. The molecule has 0 radical (unpaired) electrons. The Morgan fingerprint density at radius 2 is 2.24 bits per heavy atom. The molecule has 94 valence electrons. The number of nitrogens with two attached hydrogens (primary N) is 1. The Kier molecular flexibility index (Phi) is 3.09. The maximum atomic E-state index is 6.08. The Bertz CT molecular complexity index is 405. The first-order valence-corrected chi connectivity index (χ1v) is 6.07. The summed E-state index contributed by atoms with van der Waals surface area (Å²) in [7, 11) is 0. The lowest BCUT2D eigenvalue weighted by Crippen LogP contribution is -2.39. The highest BCUT2D eigenvalue weighted by atomic mass is 16.5. The van der Waals surface area contributed by atoms with E-state index in [2.05, 4.69) is 28.7 Å². The van der Waals surface area contributed by atoms with Gasteiger partial charge in [0, 0.05) is 12.1 Å². The van der Waals surface area contributed by atoms with Gasteiger partial charge >= 0.3 is 0 Å². The monoisotopic (exact) mass is 236 g/mol. The fraction of sp³-hybridized carbons (Fsp3) is 0.667. The van der Waals surface area contributed by atoms with Crippen LogP contribution < -0.4 is 15.4 Å². The van der Waals surface area contributed by atoms with Crippen LogP contribution in [-0.2, 0) is 0 Å². The summed E-state index contributed by atoms with van der Waals surface area (Å²) in [5.74, 6) is 1.28. The van der Waals surface area contributed by atoms with E-state index in [4.69, 9.17) is 10.5 Å². The highest BCUT2D eigenvalue weighted by Gasteiger charge is 2.34. The minimum Gasteiger partial charge on any atom is -0.476 e. The first-order valence-electron chi connectivity index (χ1n) is 6.07. The van der Waals surface area contributed by atoms with Crippen molar-refractivity contribution in [2.45, 2.75) is 39.2 Å². The third-order valence-electron chi connectivity index (χ3n) is 3.26. The first kappa shape index (κ1) is 12.0. The van der Waals surface area contributed by atoms with Crippen molar-refractivity contribution in [2.24, 2.45) is 0 Å². The van der Waals surface area contributed by atoms with Gasteiger partial charge in [-0.1, -0.05) is 0 Å². The minimum atomic E-state index is 0.103. The van der Waals surface area contributed by atoms with Crippen LogP contribution in [0, 0.1) is 0 Å². The average Bonchev–Trinajstić information content (AvgIpc) is 2.62. The van der Waals surface area contributed by atoms with Crippen molar-refractivity contribution >= 4 is 11.5 Å². The molecule has 0 atom stereocenters. The molecule has 2 rings (SSSR count). The lowest BCUT2D eigenvalue weighted by molar-refractivity contribution is 0.328. The molecule has 2 heterocycles. The number of nitrogen functional groups attached to an aromatic ring is 1. The lowest BCUT2D eigenvalue weighted by Gasteiger charge is -2.33. The average molecular weight is 236 g/mol. The molecule has 5 heteroatoms. The van der Waals surface area contributed by atoms with Gasteiger partial charge in [-0.3, -0.25) is 0 Å². The van der Waals surface area contributed by atoms with E-state index in [0.29, 0.717) is 18.2 Å². The summed E-state index contributed by atoms with van der Waals surface area (Å²) in [4.78, 5) is 10.6. The maximum absolute atomic E-state index is 6.08. The number of nitrogens with zero attached hydrogens (tertiary/aromatic N) is 3. The summed E-state index contributed by atoms with van der Waals surface area (Å²) in [5, 5.41) is 0. The largest absolute Gasteiger partial charge is 0.476 e. The van der Waals surface area contributed by atoms with Crippen LogP contribution in [0.15, 0.2) is 6.33 Å². The van der Waals surface area contributed by atoms with Crippen LogP contribution in [0.1, 0.15) is 33.6 Å². The normalized spacial score (nSPS) is 18.4. The molecule has 0 aromatic carbocycles. The molecule has 0 saturated carbocycles. The van der Waals surface area contributed by atoms with Crippen LogP contribution in [0.4, 0.5) is 11.5 Å². The van der Waals surface area contributed by atoms with Crippen molar-refractivity contribution < 1.29 is 4.74 Å². The van der Waals surface area contributed by atoms with Crippen LogP contribution in [0.3, 0.4) is 0 Å². The van der Waals surface area contributed by atoms with E-state index in [1.165, 1.54) is 12.7 Å². The predicted molar refractivity (Wildman–Crippen MR) is 68.3 cm³/mol. The van der Waals surface area contributed by atoms with Gasteiger partial charge in [0.1, 0.15) is 12.0 Å². The van der Waals surface area contributed by atoms with E-state index in [1.807, 2.05) is 6.92 Å². The Hall–Kier alpha value is -1.52. The Morgan fingerprint density at radius 1 is 1.47 bits per heavy atom. The first-order chi connectivity index (χ1) is 8.06. The quantitative estimate of drug-likeness (QED) is 0.867. The van der Waals surface area contributed by atoms with Crippen molar-refractivity contribution in [3.63, 3.8) is 0 Å². The van der Waals surface area contributed by atoms with Crippen molar-refractivity contribution in [2.75, 3.05) is 23.8 Å². The fourth-order valence-electron chi connectivity index (χ4n) is 2.34. The molecule has 1 fully saturated rings. The van der Waals surface area contributed by atoms with Crippen molar-refractivity contribution in [3.8, 4) is 5.88 Å². The van der Waals surface area contributed by atoms with Gasteiger partial charge in [-0.2, -0.15) is 4.98 Å². The van der Waals surface area contributed by atoms with Crippen molar-refractivity contribution in [1.29, 1.82) is 0 Å². The number of anilines is 2. The van der Waals surface area contributed by atoms with Gasteiger partial charge in [0.15, 0.2) is 5.82 Å². The molecule has 17 heavy (non-hydrogen) atoms. The fourth-order valence-corrected chi connectivity index (χ4v) is 2.34. The van der Waals surface area contributed by atoms with Crippen LogP contribution in [0.2, 0.25) is 0 Å². The molecular weight excluding hydrogens is 216 g/mol. The summed E-state index contributed by atoms with van der Waals surface area (Å²) >= 11 is 0. The number of rotatable bonds is 3. The van der Waals surface area contributed by atoms with Gasteiger partial charge in [-0.15, -0.1) is 0 Å². The Labute approximate surface area is 102 Å². The zero-order valence-corrected chi connectivity index (χ0v) is 10.7. The maximum Gasteiger partial charge on any atom is 0.242 e. The molecule has 0 amide bonds. The minimum absolute atomic E-state index is 0.103. The zero-order chi connectivity index (χ0) is 12.5. The third-order valence-corrected chi connectivity index (χ3v) is 3.26.